The summed E-state index contributed by atoms with van der Waals surface area (Å²) in [6.45, 7) is 3.88. The molecule has 1 aliphatic heterocycles. The number of hydrogen-bond donors (Lipinski definition) is 2. The van der Waals surface area contributed by atoms with Gasteiger partial charge in [0.15, 0.2) is 5.82 Å². The van der Waals surface area contributed by atoms with Gasteiger partial charge in [-0.2, -0.15) is 4.98 Å². The number of aromatic nitrogens is 4. The summed E-state index contributed by atoms with van der Waals surface area (Å²) < 4.78 is 6.74. The molecule has 2 aromatic heterocycles. The number of pyridine rings is 1. The molecule has 180 valence electrons. The molecule has 0 aliphatic carbocycles. The van der Waals surface area contributed by atoms with Crippen LogP contribution in [-0.4, -0.2) is 38.2 Å². The average Bonchev–Trinajstić information content (AvgIpc) is 3.33. The highest BCUT2D eigenvalue weighted by molar-refractivity contribution is 6.06. The lowest BCUT2D eigenvalue weighted by molar-refractivity contribution is -0.113. The molecule has 0 bridgehead atoms. The van der Waals surface area contributed by atoms with Gasteiger partial charge in [-0.1, -0.05) is 36.4 Å². The van der Waals surface area contributed by atoms with E-state index in [1.165, 1.54) is 0 Å². The standard InChI is InChI=1S/C27H24N6O3/c1-3-36-26(35)19-11-13-21(14-12-19)30-25(34)22-17(2)29-27-31-24(18-8-5-4-6-9-18)32-33(27)23(22)20-10-7-15-28-16-20/h4-16,23H,3H2,1-2H3,(H,30,34)(H,29,31,32)/t23-/m1/s1. The van der Waals surface area contributed by atoms with Crippen molar-refractivity contribution in [1.29, 1.82) is 0 Å². The Kier molecular flexibility index (Phi) is 6.27. The fraction of sp³-hybridized carbons (Fsp3) is 0.148. The van der Waals surface area contributed by atoms with Crippen LogP contribution in [0.4, 0.5) is 11.6 Å². The van der Waals surface area contributed by atoms with Crippen LogP contribution < -0.4 is 10.6 Å². The molecule has 0 fully saturated rings. The Morgan fingerprint density at radius 2 is 1.83 bits per heavy atom. The van der Waals surface area contributed by atoms with E-state index < -0.39 is 12.0 Å². The molecular formula is C27H24N6O3. The van der Waals surface area contributed by atoms with Gasteiger partial charge in [0.25, 0.3) is 5.91 Å². The number of hydrogen-bond acceptors (Lipinski definition) is 7. The second kappa shape index (κ2) is 9.83. The van der Waals surface area contributed by atoms with Crippen LogP contribution in [0.3, 0.4) is 0 Å². The molecule has 9 heteroatoms. The lowest BCUT2D eigenvalue weighted by Gasteiger charge is -2.28. The van der Waals surface area contributed by atoms with Crippen LogP contribution in [0.2, 0.25) is 0 Å². The molecule has 36 heavy (non-hydrogen) atoms. The molecule has 1 aliphatic rings. The Labute approximate surface area is 207 Å². The Morgan fingerprint density at radius 3 is 2.53 bits per heavy atom. The molecule has 1 amide bonds. The van der Waals surface area contributed by atoms with E-state index in [1.807, 2.05) is 49.4 Å². The van der Waals surface area contributed by atoms with Crippen LogP contribution in [0.5, 0.6) is 0 Å². The normalized spacial score (nSPS) is 14.6. The van der Waals surface area contributed by atoms with E-state index in [1.54, 1.807) is 48.3 Å². The third-order valence-corrected chi connectivity index (χ3v) is 5.78. The Morgan fingerprint density at radius 1 is 1.06 bits per heavy atom. The van der Waals surface area contributed by atoms with Gasteiger partial charge in [0.2, 0.25) is 5.95 Å². The first-order valence-electron chi connectivity index (χ1n) is 11.5. The van der Waals surface area contributed by atoms with Crippen LogP contribution in [-0.2, 0) is 9.53 Å². The number of benzene rings is 2. The smallest absolute Gasteiger partial charge is 0.338 e. The number of esters is 1. The van der Waals surface area contributed by atoms with Gasteiger partial charge in [0, 0.05) is 29.3 Å². The molecule has 3 heterocycles. The number of carbonyl (C=O) groups excluding carboxylic acids is 2. The summed E-state index contributed by atoms with van der Waals surface area (Å²) in [6.07, 6.45) is 3.40. The molecule has 0 unspecified atom stereocenters. The second-order valence-corrected chi connectivity index (χ2v) is 8.17. The summed E-state index contributed by atoms with van der Waals surface area (Å²) in [6, 6.07) is 19.4. The highest BCUT2D eigenvalue weighted by atomic mass is 16.5. The third kappa shape index (κ3) is 4.46. The van der Waals surface area contributed by atoms with Crippen LogP contribution in [0.1, 0.15) is 35.8 Å². The van der Waals surface area contributed by atoms with Crippen molar-refractivity contribution in [3.05, 3.63) is 102 Å². The van der Waals surface area contributed by atoms with E-state index in [4.69, 9.17) is 9.84 Å². The number of nitrogens with one attached hydrogen (secondary N) is 2. The highest BCUT2D eigenvalue weighted by Gasteiger charge is 2.34. The van der Waals surface area contributed by atoms with Crippen molar-refractivity contribution < 1.29 is 14.3 Å². The molecule has 0 radical (unpaired) electrons. The molecule has 4 aromatic rings. The van der Waals surface area contributed by atoms with Crippen LogP contribution >= 0.6 is 0 Å². The minimum absolute atomic E-state index is 0.295. The highest BCUT2D eigenvalue weighted by Crippen LogP contribution is 2.36. The van der Waals surface area contributed by atoms with E-state index in [0.29, 0.717) is 40.9 Å². The van der Waals surface area contributed by atoms with Crippen molar-refractivity contribution >= 4 is 23.5 Å². The minimum Gasteiger partial charge on any atom is -0.462 e. The zero-order chi connectivity index (χ0) is 25.1. The SMILES string of the molecule is CCOC(=O)c1ccc(NC(=O)C2=C(C)Nc3nc(-c4ccccc4)nn3[C@@H]2c2cccnc2)cc1. The van der Waals surface area contributed by atoms with Gasteiger partial charge >= 0.3 is 5.97 Å². The minimum atomic E-state index is -0.543. The van der Waals surface area contributed by atoms with E-state index in [2.05, 4.69) is 20.6 Å². The van der Waals surface area contributed by atoms with Crippen LogP contribution in [0.25, 0.3) is 11.4 Å². The number of rotatable bonds is 6. The maximum absolute atomic E-state index is 13.6. The summed E-state index contributed by atoms with van der Waals surface area (Å²) in [5.74, 6) is 0.377. The van der Waals surface area contributed by atoms with Gasteiger partial charge in [-0.25, -0.2) is 9.48 Å². The molecule has 1 atom stereocenters. The van der Waals surface area contributed by atoms with E-state index in [0.717, 1.165) is 11.1 Å². The Bertz CT molecular complexity index is 1430. The molecule has 5 rings (SSSR count). The first-order valence-corrected chi connectivity index (χ1v) is 11.5. The quantitative estimate of drug-likeness (QED) is 0.392. The number of ether oxygens (including phenoxy) is 1. The fourth-order valence-corrected chi connectivity index (χ4v) is 4.10. The number of carbonyl (C=O) groups is 2. The summed E-state index contributed by atoms with van der Waals surface area (Å²) >= 11 is 0. The summed E-state index contributed by atoms with van der Waals surface area (Å²) in [5, 5.41) is 10.9. The van der Waals surface area contributed by atoms with Crippen LogP contribution in [0, 0.1) is 0 Å². The Balaban J connectivity index is 1.49. The largest absolute Gasteiger partial charge is 0.462 e. The van der Waals surface area contributed by atoms with Crippen molar-refractivity contribution in [2.45, 2.75) is 19.9 Å². The van der Waals surface area contributed by atoms with Gasteiger partial charge in [-0.05, 0) is 49.7 Å². The van der Waals surface area contributed by atoms with Gasteiger partial charge < -0.3 is 15.4 Å². The molecular weight excluding hydrogens is 456 g/mol. The maximum atomic E-state index is 13.6. The molecule has 2 N–H and O–H groups in total. The summed E-state index contributed by atoms with van der Waals surface area (Å²) in [7, 11) is 0. The first kappa shape index (κ1) is 23.0. The zero-order valence-electron chi connectivity index (χ0n) is 19.8. The zero-order valence-corrected chi connectivity index (χ0v) is 19.8. The number of fused-ring (bicyclic) bond motifs is 1. The van der Waals surface area contributed by atoms with Crippen molar-refractivity contribution in [1.82, 2.24) is 19.7 Å². The van der Waals surface area contributed by atoms with Gasteiger partial charge in [-0.15, -0.1) is 5.10 Å². The van der Waals surface area contributed by atoms with Crippen molar-refractivity contribution in [2.24, 2.45) is 0 Å². The summed E-state index contributed by atoms with van der Waals surface area (Å²) in [4.78, 5) is 34.5. The fourth-order valence-electron chi connectivity index (χ4n) is 4.10. The van der Waals surface area contributed by atoms with E-state index in [-0.39, 0.29) is 5.91 Å². The predicted octanol–water partition coefficient (Wildman–Crippen LogP) is 4.44. The number of nitrogens with zero attached hydrogens (tertiary/aromatic N) is 4. The molecule has 2 aromatic carbocycles. The topological polar surface area (TPSA) is 111 Å². The van der Waals surface area contributed by atoms with Crippen LogP contribution in [0.15, 0.2) is 90.4 Å². The van der Waals surface area contributed by atoms with Crippen molar-refractivity contribution in [3.8, 4) is 11.4 Å². The number of anilines is 2. The lowest BCUT2D eigenvalue weighted by atomic mass is 9.96. The number of amides is 1. The average molecular weight is 481 g/mol. The number of allylic oxidation sites excluding steroid dienone is 1. The molecule has 0 spiro atoms. The Hall–Kier alpha value is -4.79. The van der Waals surface area contributed by atoms with Gasteiger partial charge in [-0.3, -0.25) is 9.78 Å². The van der Waals surface area contributed by atoms with Crippen molar-refractivity contribution in [3.63, 3.8) is 0 Å². The maximum Gasteiger partial charge on any atom is 0.338 e. The summed E-state index contributed by atoms with van der Waals surface area (Å²) in [5.41, 5.74) is 3.77. The monoisotopic (exact) mass is 480 g/mol. The lowest BCUT2D eigenvalue weighted by Crippen LogP contribution is -2.31. The first-order chi connectivity index (χ1) is 17.5. The molecule has 0 saturated carbocycles. The second-order valence-electron chi connectivity index (χ2n) is 8.17. The molecule has 9 nitrogen and oxygen atoms in total. The predicted molar refractivity (Wildman–Crippen MR) is 135 cm³/mol. The van der Waals surface area contributed by atoms with E-state index in [9.17, 15) is 9.59 Å². The van der Waals surface area contributed by atoms with E-state index >= 15 is 0 Å². The van der Waals surface area contributed by atoms with Crippen molar-refractivity contribution in [2.75, 3.05) is 17.2 Å². The van der Waals surface area contributed by atoms with Gasteiger partial charge in [0.1, 0.15) is 6.04 Å². The molecule has 0 saturated heterocycles. The third-order valence-electron chi connectivity index (χ3n) is 5.78. The van der Waals surface area contributed by atoms with Gasteiger partial charge in [0.05, 0.1) is 17.7 Å².